The lowest BCUT2D eigenvalue weighted by Gasteiger charge is -2.28. The molecule has 4 heteroatoms. The van der Waals surface area contributed by atoms with Gasteiger partial charge in [0.05, 0.1) is 12.2 Å². The number of ether oxygens (including phenoxy) is 1. The monoisotopic (exact) mass is 486 g/mol. The molecule has 4 rings (SSSR count). The van der Waals surface area contributed by atoms with Gasteiger partial charge in [-0.05, 0) is 97.4 Å². The SMILES string of the molecule is CCC[C@H]1CC[C@H](c2ccc(CCOC(F)(F)c3ccc([C@H]4CC[C@H](C)CC4)cc3F)cc2)CC1. The minimum atomic E-state index is -3.64. The molecule has 0 unspecified atom stereocenters. The predicted molar refractivity (Wildman–Crippen MR) is 136 cm³/mol. The Bertz CT molecular complexity index is 923. The van der Waals surface area contributed by atoms with Crippen LogP contribution in [0.2, 0.25) is 0 Å². The maximum absolute atomic E-state index is 14.7. The lowest BCUT2D eigenvalue weighted by molar-refractivity contribution is -0.249. The zero-order valence-electron chi connectivity index (χ0n) is 21.4. The minimum absolute atomic E-state index is 0.157. The second-order valence-corrected chi connectivity index (χ2v) is 11.1. The fraction of sp³-hybridized carbons (Fsp3) is 0.613. The highest BCUT2D eigenvalue weighted by atomic mass is 19.3. The second-order valence-electron chi connectivity index (χ2n) is 11.1. The van der Waals surface area contributed by atoms with Crippen molar-refractivity contribution in [2.24, 2.45) is 11.8 Å². The topological polar surface area (TPSA) is 9.23 Å². The summed E-state index contributed by atoms with van der Waals surface area (Å²) in [6, 6.07) is 12.5. The predicted octanol–water partition coefficient (Wildman–Crippen LogP) is 9.50. The van der Waals surface area contributed by atoms with E-state index in [4.69, 9.17) is 4.74 Å². The van der Waals surface area contributed by atoms with Crippen LogP contribution in [0.5, 0.6) is 0 Å². The van der Waals surface area contributed by atoms with E-state index in [1.807, 2.05) is 12.1 Å². The summed E-state index contributed by atoms with van der Waals surface area (Å²) in [5.74, 6) is 1.57. The van der Waals surface area contributed by atoms with Gasteiger partial charge in [0.2, 0.25) is 0 Å². The highest BCUT2D eigenvalue weighted by Crippen LogP contribution is 2.39. The third kappa shape index (κ3) is 6.90. The van der Waals surface area contributed by atoms with E-state index in [9.17, 15) is 13.2 Å². The molecule has 0 amide bonds. The van der Waals surface area contributed by atoms with Crippen molar-refractivity contribution >= 4 is 0 Å². The Labute approximate surface area is 209 Å². The maximum atomic E-state index is 14.7. The van der Waals surface area contributed by atoms with E-state index in [0.717, 1.165) is 42.7 Å². The van der Waals surface area contributed by atoms with E-state index in [2.05, 4.69) is 26.0 Å². The number of hydrogen-bond acceptors (Lipinski definition) is 1. The van der Waals surface area contributed by atoms with Gasteiger partial charge in [-0.25, -0.2) is 4.39 Å². The van der Waals surface area contributed by atoms with Gasteiger partial charge in [0.15, 0.2) is 0 Å². The van der Waals surface area contributed by atoms with Crippen LogP contribution in [0.4, 0.5) is 13.2 Å². The zero-order chi connectivity index (χ0) is 24.8. The Morgan fingerprint density at radius 3 is 2.06 bits per heavy atom. The smallest absolute Gasteiger partial charge is 0.316 e. The summed E-state index contributed by atoms with van der Waals surface area (Å²) < 4.78 is 48.9. The first-order valence-electron chi connectivity index (χ1n) is 13.8. The number of benzene rings is 2. The first-order valence-corrected chi connectivity index (χ1v) is 13.8. The molecule has 2 aliphatic carbocycles. The fourth-order valence-corrected chi connectivity index (χ4v) is 6.14. The van der Waals surface area contributed by atoms with Gasteiger partial charge >= 0.3 is 6.11 Å². The van der Waals surface area contributed by atoms with E-state index in [-0.39, 0.29) is 12.5 Å². The summed E-state index contributed by atoms with van der Waals surface area (Å²) in [5, 5.41) is 0. The van der Waals surface area contributed by atoms with Crippen LogP contribution in [-0.4, -0.2) is 6.61 Å². The minimum Gasteiger partial charge on any atom is -0.316 e. The van der Waals surface area contributed by atoms with Gasteiger partial charge in [0.1, 0.15) is 5.82 Å². The lowest BCUT2D eigenvalue weighted by Crippen LogP contribution is -2.22. The average molecular weight is 487 g/mol. The largest absolute Gasteiger partial charge is 0.386 e. The van der Waals surface area contributed by atoms with Crippen molar-refractivity contribution in [3.8, 4) is 0 Å². The molecule has 1 nitrogen and oxygen atoms in total. The Morgan fingerprint density at radius 2 is 1.43 bits per heavy atom. The van der Waals surface area contributed by atoms with Crippen molar-refractivity contribution in [3.63, 3.8) is 0 Å². The van der Waals surface area contributed by atoms with Crippen molar-refractivity contribution < 1.29 is 17.9 Å². The van der Waals surface area contributed by atoms with Crippen molar-refractivity contribution in [2.45, 2.75) is 102 Å². The molecule has 2 aliphatic rings. The summed E-state index contributed by atoms with van der Waals surface area (Å²) in [4.78, 5) is 0. The summed E-state index contributed by atoms with van der Waals surface area (Å²) >= 11 is 0. The number of hydrogen-bond donors (Lipinski definition) is 0. The van der Waals surface area contributed by atoms with Crippen molar-refractivity contribution in [3.05, 3.63) is 70.5 Å². The van der Waals surface area contributed by atoms with Crippen LogP contribution in [0.15, 0.2) is 42.5 Å². The van der Waals surface area contributed by atoms with Crippen LogP contribution < -0.4 is 0 Å². The third-order valence-corrected chi connectivity index (χ3v) is 8.46. The quantitative estimate of drug-likeness (QED) is 0.343. The van der Waals surface area contributed by atoms with E-state index >= 15 is 0 Å². The van der Waals surface area contributed by atoms with Gasteiger partial charge in [-0.15, -0.1) is 0 Å². The van der Waals surface area contributed by atoms with Gasteiger partial charge in [0, 0.05) is 0 Å². The molecule has 0 N–H and O–H groups in total. The maximum Gasteiger partial charge on any atom is 0.386 e. The molecule has 0 aromatic heterocycles. The van der Waals surface area contributed by atoms with Crippen LogP contribution in [0, 0.1) is 17.7 Å². The molecule has 0 aliphatic heterocycles. The molecule has 0 radical (unpaired) electrons. The molecule has 2 saturated carbocycles. The first kappa shape index (κ1) is 26.3. The van der Waals surface area contributed by atoms with Crippen LogP contribution in [0.3, 0.4) is 0 Å². The zero-order valence-corrected chi connectivity index (χ0v) is 21.4. The number of halogens is 3. The van der Waals surface area contributed by atoms with Gasteiger partial charge in [-0.2, -0.15) is 8.78 Å². The molecule has 0 spiro atoms. The summed E-state index contributed by atoms with van der Waals surface area (Å²) in [6.45, 7) is 4.33. The molecule has 0 bridgehead atoms. The molecule has 0 heterocycles. The molecule has 2 fully saturated rings. The van der Waals surface area contributed by atoms with Gasteiger partial charge in [0.25, 0.3) is 0 Å². The Balaban J connectivity index is 1.27. The highest BCUT2D eigenvalue weighted by molar-refractivity contribution is 5.29. The van der Waals surface area contributed by atoms with Crippen molar-refractivity contribution in [1.82, 2.24) is 0 Å². The highest BCUT2D eigenvalue weighted by Gasteiger charge is 2.36. The van der Waals surface area contributed by atoms with E-state index in [1.54, 1.807) is 6.07 Å². The Hall–Kier alpha value is -1.81. The van der Waals surface area contributed by atoms with Gasteiger partial charge in [-0.1, -0.05) is 69.9 Å². The standard InChI is InChI=1S/C31H41F3O/c1-3-4-23-7-13-25(14-8-23)26-15-9-24(10-16-26)19-20-35-31(33,34)29-18-17-28(21-30(29)32)27-11-5-22(2)6-12-27/h9-10,15-18,21-23,25,27H,3-8,11-14,19-20H2,1-2H3/t22-,23-,25-,27-. The summed E-state index contributed by atoms with van der Waals surface area (Å²) in [5.41, 5.74) is 2.48. The molecular weight excluding hydrogens is 445 g/mol. The third-order valence-electron chi connectivity index (χ3n) is 8.46. The van der Waals surface area contributed by atoms with Crippen LogP contribution >= 0.6 is 0 Å². The molecular formula is C31H41F3O. The van der Waals surface area contributed by atoms with Crippen LogP contribution in [0.25, 0.3) is 0 Å². The summed E-state index contributed by atoms with van der Waals surface area (Å²) in [6.07, 6.45) is 8.63. The van der Waals surface area contributed by atoms with E-state index < -0.39 is 17.5 Å². The van der Waals surface area contributed by atoms with E-state index in [1.165, 1.54) is 56.2 Å². The molecule has 192 valence electrons. The molecule has 2 aromatic carbocycles. The van der Waals surface area contributed by atoms with Crippen LogP contribution in [0.1, 0.15) is 112 Å². The first-order chi connectivity index (χ1) is 16.9. The summed E-state index contributed by atoms with van der Waals surface area (Å²) in [7, 11) is 0. The Morgan fingerprint density at radius 1 is 0.829 bits per heavy atom. The van der Waals surface area contributed by atoms with Crippen molar-refractivity contribution in [2.75, 3.05) is 6.61 Å². The van der Waals surface area contributed by atoms with Gasteiger partial charge in [-0.3, -0.25) is 0 Å². The lowest BCUT2D eigenvalue weighted by atomic mass is 9.77. The molecule has 35 heavy (non-hydrogen) atoms. The van der Waals surface area contributed by atoms with Crippen LogP contribution in [-0.2, 0) is 17.3 Å². The second kappa shape index (κ2) is 12.0. The average Bonchev–Trinajstić information content (AvgIpc) is 2.85. The normalized spacial score (nSPS) is 25.5. The molecule has 2 aromatic rings. The van der Waals surface area contributed by atoms with Gasteiger partial charge < -0.3 is 4.74 Å². The molecule has 0 atom stereocenters. The number of alkyl halides is 2. The Kier molecular flexibility index (Phi) is 8.97. The van der Waals surface area contributed by atoms with E-state index in [0.29, 0.717) is 18.3 Å². The van der Waals surface area contributed by atoms with Crippen molar-refractivity contribution in [1.29, 1.82) is 0 Å². The number of rotatable bonds is 9. The molecule has 0 saturated heterocycles. The fourth-order valence-electron chi connectivity index (χ4n) is 6.14.